The molecule has 104 valence electrons. The molecule has 0 bridgehead atoms. The Morgan fingerprint density at radius 3 is 2.71 bits per heavy atom. The molecule has 0 radical (unpaired) electrons. The van der Waals surface area contributed by atoms with Crippen molar-refractivity contribution in [3.63, 3.8) is 0 Å². The van der Waals surface area contributed by atoms with Crippen molar-refractivity contribution in [1.29, 1.82) is 0 Å². The number of hydrogen-bond donors (Lipinski definition) is 3. The predicted octanol–water partition coefficient (Wildman–Crippen LogP) is 3.26. The Hall–Kier alpha value is -3.08. The van der Waals surface area contributed by atoms with Crippen molar-refractivity contribution in [3.05, 3.63) is 60.3 Å². The molecule has 4 N–H and O–H groups in total. The lowest BCUT2D eigenvalue weighted by atomic mass is 10.1. The van der Waals surface area contributed by atoms with Crippen LogP contribution in [0.4, 0.5) is 17.1 Å². The second kappa shape index (κ2) is 5.13. The van der Waals surface area contributed by atoms with Gasteiger partial charge in [0.25, 0.3) is 0 Å². The number of fused-ring (bicyclic) bond motifs is 1. The number of carbonyl (C=O) groups is 1. The van der Waals surface area contributed by atoms with Gasteiger partial charge < -0.3 is 16.2 Å². The Morgan fingerprint density at radius 2 is 1.90 bits per heavy atom. The van der Waals surface area contributed by atoms with Crippen LogP contribution in [0.15, 0.2) is 54.7 Å². The van der Waals surface area contributed by atoms with Gasteiger partial charge in [0.2, 0.25) is 0 Å². The van der Waals surface area contributed by atoms with E-state index in [4.69, 9.17) is 10.8 Å². The van der Waals surface area contributed by atoms with Gasteiger partial charge in [-0.1, -0.05) is 18.2 Å². The lowest BCUT2D eigenvalue weighted by Crippen LogP contribution is -2.03. The standard InChI is InChI=1S/C16H13N3O2/c17-14-6-5-11(8-13(14)16(20)21)19-12-7-10-3-1-2-4-15(10)18-9-12/h1-9,19H,17H2,(H,20,21). The molecule has 1 heterocycles. The third kappa shape index (κ3) is 2.62. The molecule has 0 saturated heterocycles. The average Bonchev–Trinajstić information content (AvgIpc) is 2.49. The summed E-state index contributed by atoms with van der Waals surface area (Å²) in [5.41, 5.74) is 8.30. The topological polar surface area (TPSA) is 88.2 Å². The molecule has 0 spiro atoms. The number of benzene rings is 2. The first kappa shape index (κ1) is 12.9. The van der Waals surface area contributed by atoms with Gasteiger partial charge in [-0.3, -0.25) is 4.98 Å². The second-order valence-electron chi connectivity index (χ2n) is 4.65. The Balaban J connectivity index is 1.94. The number of hydrogen-bond acceptors (Lipinski definition) is 4. The van der Waals surface area contributed by atoms with E-state index in [-0.39, 0.29) is 11.3 Å². The minimum Gasteiger partial charge on any atom is -0.478 e. The van der Waals surface area contributed by atoms with E-state index in [1.165, 1.54) is 6.07 Å². The van der Waals surface area contributed by atoms with Crippen LogP contribution in [0.3, 0.4) is 0 Å². The Bertz CT molecular complexity index is 831. The van der Waals surface area contributed by atoms with Crippen LogP contribution in [0.2, 0.25) is 0 Å². The van der Waals surface area contributed by atoms with Gasteiger partial charge in [-0.2, -0.15) is 0 Å². The average molecular weight is 279 g/mol. The van der Waals surface area contributed by atoms with Gasteiger partial charge in [0.05, 0.1) is 23.0 Å². The van der Waals surface area contributed by atoms with Gasteiger partial charge in [-0.05, 0) is 30.3 Å². The fourth-order valence-corrected chi connectivity index (χ4v) is 2.13. The molecule has 2 aromatic carbocycles. The van der Waals surface area contributed by atoms with E-state index in [2.05, 4.69) is 10.3 Å². The number of nitrogens with one attached hydrogen (secondary N) is 1. The minimum absolute atomic E-state index is 0.0775. The molecule has 21 heavy (non-hydrogen) atoms. The summed E-state index contributed by atoms with van der Waals surface area (Å²) < 4.78 is 0. The lowest BCUT2D eigenvalue weighted by molar-refractivity contribution is 0.0698. The number of carboxylic acid groups (broad SMARTS) is 1. The van der Waals surface area contributed by atoms with E-state index in [1.807, 2.05) is 30.3 Å². The number of aromatic nitrogens is 1. The number of nitrogen functional groups attached to an aromatic ring is 1. The Morgan fingerprint density at radius 1 is 1.10 bits per heavy atom. The van der Waals surface area contributed by atoms with Crippen LogP contribution in [-0.4, -0.2) is 16.1 Å². The highest BCUT2D eigenvalue weighted by atomic mass is 16.4. The van der Waals surface area contributed by atoms with Crippen LogP contribution >= 0.6 is 0 Å². The zero-order valence-corrected chi connectivity index (χ0v) is 11.1. The summed E-state index contributed by atoms with van der Waals surface area (Å²) >= 11 is 0. The van der Waals surface area contributed by atoms with Crippen molar-refractivity contribution in [1.82, 2.24) is 4.98 Å². The SMILES string of the molecule is Nc1ccc(Nc2cnc3ccccc3c2)cc1C(=O)O. The van der Waals surface area contributed by atoms with Crippen LogP contribution in [0.1, 0.15) is 10.4 Å². The molecular formula is C16H13N3O2. The van der Waals surface area contributed by atoms with Crippen LogP contribution in [0, 0.1) is 0 Å². The van der Waals surface area contributed by atoms with Gasteiger partial charge >= 0.3 is 5.97 Å². The summed E-state index contributed by atoms with van der Waals surface area (Å²) in [6.07, 6.45) is 1.71. The molecule has 0 atom stereocenters. The van der Waals surface area contributed by atoms with Gasteiger partial charge in [-0.15, -0.1) is 0 Å². The lowest BCUT2D eigenvalue weighted by Gasteiger charge is -2.09. The number of aromatic carboxylic acids is 1. The maximum Gasteiger partial charge on any atom is 0.337 e. The highest BCUT2D eigenvalue weighted by Crippen LogP contribution is 2.23. The number of nitrogens with zero attached hydrogens (tertiary/aromatic N) is 1. The molecule has 0 aliphatic carbocycles. The van der Waals surface area contributed by atoms with E-state index >= 15 is 0 Å². The third-order valence-electron chi connectivity index (χ3n) is 3.16. The van der Waals surface area contributed by atoms with Crippen molar-refractivity contribution >= 4 is 33.9 Å². The number of anilines is 3. The van der Waals surface area contributed by atoms with Crippen LogP contribution in [-0.2, 0) is 0 Å². The number of pyridine rings is 1. The summed E-state index contributed by atoms with van der Waals surface area (Å²) in [5.74, 6) is -1.05. The first-order valence-corrected chi connectivity index (χ1v) is 6.38. The van der Waals surface area contributed by atoms with Crippen LogP contribution in [0.5, 0.6) is 0 Å². The number of carboxylic acids is 1. The van der Waals surface area contributed by atoms with Crippen molar-refractivity contribution in [3.8, 4) is 0 Å². The molecule has 0 aliphatic heterocycles. The smallest absolute Gasteiger partial charge is 0.337 e. The molecule has 0 fully saturated rings. The monoisotopic (exact) mass is 279 g/mol. The van der Waals surface area contributed by atoms with E-state index in [1.54, 1.807) is 18.3 Å². The number of para-hydroxylation sites is 1. The van der Waals surface area contributed by atoms with Gasteiger partial charge in [-0.25, -0.2) is 4.79 Å². The predicted molar refractivity (Wildman–Crippen MR) is 82.8 cm³/mol. The molecule has 5 nitrogen and oxygen atoms in total. The summed E-state index contributed by atoms with van der Waals surface area (Å²) in [4.78, 5) is 15.4. The molecule has 3 rings (SSSR count). The Labute approximate surface area is 121 Å². The zero-order valence-electron chi connectivity index (χ0n) is 11.1. The zero-order chi connectivity index (χ0) is 14.8. The summed E-state index contributed by atoms with van der Waals surface area (Å²) in [5, 5.41) is 13.2. The summed E-state index contributed by atoms with van der Waals surface area (Å²) in [6, 6.07) is 14.5. The van der Waals surface area contributed by atoms with Crippen molar-refractivity contribution in [2.45, 2.75) is 0 Å². The normalized spacial score (nSPS) is 10.5. The van der Waals surface area contributed by atoms with Gasteiger partial charge in [0.15, 0.2) is 0 Å². The molecule has 0 aliphatic rings. The second-order valence-corrected chi connectivity index (χ2v) is 4.65. The quantitative estimate of drug-likeness (QED) is 0.640. The summed E-state index contributed by atoms with van der Waals surface area (Å²) in [7, 11) is 0. The first-order valence-electron chi connectivity index (χ1n) is 6.38. The molecular weight excluding hydrogens is 266 g/mol. The molecule has 1 aromatic heterocycles. The highest BCUT2D eigenvalue weighted by Gasteiger charge is 2.08. The maximum absolute atomic E-state index is 11.1. The largest absolute Gasteiger partial charge is 0.478 e. The third-order valence-corrected chi connectivity index (χ3v) is 3.16. The van der Waals surface area contributed by atoms with Crippen molar-refractivity contribution in [2.24, 2.45) is 0 Å². The van der Waals surface area contributed by atoms with Gasteiger partial charge in [0.1, 0.15) is 0 Å². The van der Waals surface area contributed by atoms with E-state index in [9.17, 15) is 4.79 Å². The van der Waals surface area contributed by atoms with E-state index in [0.717, 1.165) is 16.6 Å². The number of nitrogens with two attached hydrogens (primary N) is 1. The highest BCUT2D eigenvalue weighted by molar-refractivity contribution is 5.95. The van der Waals surface area contributed by atoms with E-state index in [0.29, 0.717) is 5.69 Å². The molecule has 5 heteroatoms. The summed E-state index contributed by atoms with van der Waals surface area (Å²) in [6.45, 7) is 0. The van der Waals surface area contributed by atoms with E-state index < -0.39 is 5.97 Å². The fourth-order valence-electron chi connectivity index (χ4n) is 2.13. The first-order chi connectivity index (χ1) is 10.1. The Kier molecular flexibility index (Phi) is 3.16. The molecule has 0 unspecified atom stereocenters. The molecule has 0 saturated carbocycles. The van der Waals surface area contributed by atoms with Crippen LogP contribution in [0.25, 0.3) is 10.9 Å². The van der Waals surface area contributed by atoms with Gasteiger partial charge in [0, 0.05) is 16.8 Å². The van der Waals surface area contributed by atoms with Crippen molar-refractivity contribution in [2.75, 3.05) is 11.1 Å². The number of rotatable bonds is 3. The minimum atomic E-state index is -1.05. The van der Waals surface area contributed by atoms with Crippen LogP contribution < -0.4 is 11.1 Å². The maximum atomic E-state index is 11.1. The molecule has 0 amide bonds. The fraction of sp³-hybridized carbons (Fsp3) is 0. The van der Waals surface area contributed by atoms with Crippen molar-refractivity contribution < 1.29 is 9.90 Å². The molecule has 3 aromatic rings.